The van der Waals surface area contributed by atoms with Crippen LogP contribution in [0.15, 0.2) is 54.6 Å². The predicted molar refractivity (Wildman–Crippen MR) is 131 cm³/mol. The van der Waals surface area contributed by atoms with Gasteiger partial charge in [0.05, 0.1) is 14.2 Å². The van der Waals surface area contributed by atoms with Gasteiger partial charge in [-0.25, -0.2) is 0 Å². The number of nitrogens with one attached hydrogen (secondary N) is 1. The number of carbonyl (C=O) groups is 1. The molecule has 178 valence electrons. The van der Waals surface area contributed by atoms with Crippen LogP contribution in [0.1, 0.15) is 27.6 Å². The summed E-state index contributed by atoms with van der Waals surface area (Å²) < 4.78 is 12.5. The number of carbonyl (C=O) groups excluding carboxylic acids is 1. The Kier molecular flexibility index (Phi) is 7.93. The van der Waals surface area contributed by atoms with Crippen LogP contribution < -0.4 is 14.8 Å². The van der Waals surface area contributed by atoms with Crippen molar-refractivity contribution in [3.05, 3.63) is 77.4 Å². The lowest BCUT2D eigenvalue weighted by molar-refractivity contribution is 0.0954. The minimum absolute atomic E-state index is 0.104. The second-order valence-corrected chi connectivity index (χ2v) is 8.14. The quantitative estimate of drug-likeness (QED) is 0.528. The maximum absolute atomic E-state index is 12.4. The lowest BCUT2D eigenvalue weighted by Crippen LogP contribution is -2.28. The number of aromatic nitrogens is 3. The zero-order chi connectivity index (χ0) is 23.8. The first-order valence-corrected chi connectivity index (χ1v) is 11.5. The van der Waals surface area contributed by atoms with Crippen LogP contribution in [0.4, 0.5) is 0 Å². The third-order valence-corrected chi connectivity index (χ3v) is 5.97. The first-order chi connectivity index (χ1) is 16.7. The number of ether oxygens (including phenoxy) is 2. The largest absolute Gasteiger partial charge is 0.497 e. The average Bonchev–Trinajstić information content (AvgIpc) is 3.15. The van der Waals surface area contributed by atoms with Crippen molar-refractivity contribution in [3.8, 4) is 11.5 Å². The molecule has 8 heteroatoms. The van der Waals surface area contributed by atoms with Crippen LogP contribution in [0, 0.1) is 0 Å². The van der Waals surface area contributed by atoms with Crippen LogP contribution >= 0.6 is 0 Å². The van der Waals surface area contributed by atoms with E-state index in [0.717, 1.165) is 61.3 Å². The molecule has 1 aliphatic rings. The molecule has 34 heavy (non-hydrogen) atoms. The van der Waals surface area contributed by atoms with Crippen molar-refractivity contribution in [1.29, 1.82) is 0 Å². The molecule has 1 amide bonds. The Bertz CT molecular complexity index is 1110. The van der Waals surface area contributed by atoms with E-state index in [4.69, 9.17) is 9.47 Å². The summed E-state index contributed by atoms with van der Waals surface area (Å²) in [5.41, 5.74) is 1.77. The highest BCUT2D eigenvalue weighted by Gasteiger charge is 2.18. The highest BCUT2D eigenvalue weighted by molar-refractivity contribution is 5.94. The Hall–Kier alpha value is -3.65. The topological polar surface area (TPSA) is 81.5 Å². The Morgan fingerprint density at radius 2 is 1.68 bits per heavy atom. The van der Waals surface area contributed by atoms with Gasteiger partial charge in [0.2, 0.25) is 0 Å². The molecular formula is C26H31N5O3. The second-order valence-electron chi connectivity index (χ2n) is 8.14. The summed E-state index contributed by atoms with van der Waals surface area (Å²) in [5, 5.41) is 11.7. The molecule has 8 nitrogen and oxygen atoms in total. The van der Waals surface area contributed by atoms with Gasteiger partial charge in [0, 0.05) is 51.1 Å². The van der Waals surface area contributed by atoms with Crippen molar-refractivity contribution in [2.75, 3.05) is 40.4 Å². The number of fused-ring (bicyclic) bond motifs is 1. The van der Waals surface area contributed by atoms with E-state index in [-0.39, 0.29) is 5.91 Å². The van der Waals surface area contributed by atoms with Gasteiger partial charge in [-0.05, 0) is 42.0 Å². The molecule has 2 heterocycles. The molecule has 0 unspecified atom stereocenters. The normalized spacial score (nSPS) is 13.9. The third-order valence-electron chi connectivity index (χ3n) is 5.97. The molecule has 4 rings (SSSR count). The van der Waals surface area contributed by atoms with Crippen molar-refractivity contribution in [1.82, 2.24) is 25.0 Å². The Labute approximate surface area is 200 Å². The van der Waals surface area contributed by atoms with Gasteiger partial charge in [-0.1, -0.05) is 24.3 Å². The molecule has 3 aromatic rings. The number of hydrogen-bond donors (Lipinski definition) is 1. The number of nitrogens with zero attached hydrogens (tertiary/aromatic N) is 4. The fourth-order valence-electron chi connectivity index (χ4n) is 3.98. The van der Waals surface area contributed by atoms with Crippen molar-refractivity contribution < 1.29 is 14.3 Å². The molecule has 0 saturated carbocycles. The first kappa shape index (κ1) is 23.5. The fraction of sp³-hybridized carbons (Fsp3) is 0.346. The Morgan fingerprint density at radius 1 is 0.971 bits per heavy atom. The van der Waals surface area contributed by atoms with Crippen molar-refractivity contribution >= 4 is 12.0 Å². The summed E-state index contributed by atoms with van der Waals surface area (Å²) in [6.45, 7) is 4.12. The Balaban J connectivity index is 1.25. The number of benzene rings is 2. The van der Waals surface area contributed by atoms with Crippen molar-refractivity contribution in [2.24, 2.45) is 0 Å². The lowest BCUT2D eigenvalue weighted by Gasteiger charge is -2.17. The summed E-state index contributed by atoms with van der Waals surface area (Å²) in [6.07, 6.45) is 5.85. The number of hydrogen-bond acceptors (Lipinski definition) is 6. The van der Waals surface area contributed by atoms with Gasteiger partial charge >= 0.3 is 0 Å². The summed E-state index contributed by atoms with van der Waals surface area (Å²) >= 11 is 0. The summed E-state index contributed by atoms with van der Waals surface area (Å²) in [5.74, 6) is 3.42. The van der Waals surface area contributed by atoms with E-state index >= 15 is 0 Å². The van der Waals surface area contributed by atoms with Gasteiger partial charge in [0.1, 0.15) is 23.1 Å². The summed E-state index contributed by atoms with van der Waals surface area (Å²) in [4.78, 5) is 14.8. The van der Waals surface area contributed by atoms with Gasteiger partial charge in [-0.2, -0.15) is 0 Å². The average molecular weight is 462 g/mol. The van der Waals surface area contributed by atoms with Gasteiger partial charge in [-0.15, -0.1) is 10.2 Å². The number of rotatable bonds is 9. The molecular weight excluding hydrogens is 430 g/mol. The van der Waals surface area contributed by atoms with E-state index < -0.39 is 0 Å². The molecule has 0 spiro atoms. The monoisotopic (exact) mass is 461 g/mol. The van der Waals surface area contributed by atoms with Crippen LogP contribution in [0.2, 0.25) is 0 Å². The molecule has 1 aliphatic heterocycles. The molecule has 0 saturated heterocycles. The smallest absolute Gasteiger partial charge is 0.251 e. The minimum atomic E-state index is -0.104. The van der Waals surface area contributed by atoms with Gasteiger partial charge in [0.15, 0.2) is 0 Å². The molecule has 0 atom stereocenters. The summed E-state index contributed by atoms with van der Waals surface area (Å²) in [7, 11) is 3.28. The molecule has 0 aliphatic carbocycles. The van der Waals surface area contributed by atoms with Crippen LogP contribution in [0.25, 0.3) is 6.08 Å². The molecule has 2 aromatic carbocycles. The van der Waals surface area contributed by atoms with Crippen LogP contribution in [0.5, 0.6) is 11.5 Å². The van der Waals surface area contributed by atoms with E-state index in [2.05, 4.69) is 49.3 Å². The van der Waals surface area contributed by atoms with Gasteiger partial charge < -0.3 is 19.4 Å². The maximum Gasteiger partial charge on any atom is 0.251 e. The predicted octanol–water partition coefficient (Wildman–Crippen LogP) is 2.84. The zero-order valence-electron chi connectivity index (χ0n) is 19.7. The van der Waals surface area contributed by atoms with Crippen molar-refractivity contribution in [3.63, 3.8) is 0 Å². The molecule has 0 radical (unpaired) electrons. The van der Waals surface area contributed by atoms with Crippen molar-refractivity contribution in [2.45, 2.75) is 19.4 Å². The third kappa shape index (κ3) is 6.02. The number of amides is 1. The Morgan fingerprint density at radius 3 is 2.38 bits per heavy atom. The maximum atomic E-state index is 12.4. The number of methoxy groups -OCH3 is 2. The minimum Gasteiger partial charge on any atom is -0.497 e. The molecule has 1 aromatic heterocycles. The molecule has 0 bridgehead atoms. The highest BCUT2D eigenvalue weighted by Crippen LogP contribution is 2.14. The second kappa shape index (κ2) is 11.5. The van der Waals surface area contributed by atoms with E-state index in [1.54, 1.807) is 38.5 Å². The van der Waals surface area contributed by atoms with E-state index in [1.807, 2.05) is 12.1 Å². The standard InChI is InChI=1S/C26H31N5O3/c1-33-22-9-5-20(6-10-22)4-3-16-30-17-14-25-29-28-24(31(25)19-18-30)13-15-27-26(32)21-7-11-23(34-2)12-8-21/h3-12H,13-19H2,1-2H3,(H,27,32)/b4-3+. The van der Waals surface area contributed by atoms with E-state index in [1.165, 1.54) is 0 Å². The van der Waals surface area contributed by atoms with Crippen LogP contribution in [-0.4, -0.2) is 66.0 Å². The van der Waals surface area contributed by atoms with Gasteiger partial charge in [-0.3, -0.25) is 9.69 Å². The zero-order valence-corrected chi connectivity index (χ0v) is 19.7. The molecule has 0 fully saturated rings. The van der Waals surface area contributed by atoms with Gasteiger partial charge in [0.25, 0.3) is 5.91 Å². The van der Waals surface area contributed by atoms with E-state index in [9.17, 15) is 4.79 Å². The van der Waals surface area contributed by atoms with Crippen LogP contribution in [-0.2, 0) is 19.4 Å². The highest BCUT2D eigenvalue weighted by atomic mass is 16.5. The summed E-state index contributed by atoms with van der Waals surface area (Å²) in [6, 6.07) is 15.1. The molecule has 1 N–H and O–H groups in total. The SMILES string of the molecule is COc1ccc(/C=C/CN2CCc3nnc(CCNC(=O)c4ccc(OC)cc4)n3CC2)cc1. The lowest BCUT2D eigenvalue weighted by atomic mass is 10.2. The van der Waals surface area contributed by atoms with Crippen LogP contribution in [0.3, 0.4) is 0 Å². The first-order valence-electron chi connectivity index (χ1n) is 11.5. The van der Waals surface area contributed by atoms with E-state index in [0.29, 0.717) is 18.5 Å². The fourth-order valence-corrected chi connectivity index (χ4v) is 3.98.